The van der Waals surface area contributed by atoms with Gasteiger partial charge >= 0.3 is 0 Å². The second-order valence-electron chi connectivity index (χ2n) is 8.54. The zero-order valence-corrected chi connectivity index (χ0v) is 21.8. The molecule has 0 aliphatic rings. The van der Waals surface area contributed by atoms with E-state index < -0.39 is 0 Å². The zero-order chi connectivity index (χ0) is 26.2. The highest BCUT2D eigenvalue weighted by molar-refractivity contribution is 5.94. The van der Waals surface area contributed by atoms with Crippen LogP contribution in [0, 0.1) is 6.92 Å². The Bertz CT molecular complexity index is 1470. The van der Waals surface area contributed by atoms with Crippen molar-refractivity contribution in [1.29, 1.82) is 0 Å². The largest absolute Gasteiger partial charge is 0.352 e. The molecule has 0 bridgehead atoms. The minimum absolute atomic E-state index is 0.112. The molecule has 0 fully saturated rings. The third kappa shape index (κ3) is 6.04. The van der Waals surface area contributed by atoms with Crippen LogP contribution in [-0.2, 0) is 13.0 Å². The van der Waals surface area contributed by atoms with Crippen LogP contribution in [0.5, 0.6) is 0 Å². The molecule has 5 rings (SSSR count). The lowest BCUT2D eigenvalue weighted by Crippen LogP contribution is -2.22. The lowest BCUT2D eigenvalue weighted by molar-refractivity contribution is 0.0951. The number of nitrogens with one attached hydrogen (secondary N) is 2. The molecule has 6 heteroatoms. The van der Waals surface area contributed by atoms with E-state index in [1.165, 1.54) is 11.1 Å². The molecule has 0 saturated heterocycles. The van der Waals surface area contributed by atoms with Crippen LogP contribution < -0.4 is 10.6 Å². The second-order valence-corrected chi connectivity index (χ2v) is 8.54. The number of benzene rings is 2. The van der Waals surface area contributed by atoms with E-state index in [0.29, 0.717) is 12.1 Å². The highest BCUT2D eigenvalue weighted by Gasteiger charge is 2.10. The number of aromatic nitrogens is 3. The van der Waals surface area contributed by atoms with Gasteiger partial charge in [-0.05, 0) is 72.0 Å². The summed E-state index contributed by atoms with van der Waals surface area (Å²) in [4.78, 5) is 21.2. The number of anilines is 2. The molecule has 5 aromatic rings. The van der Waals surface area contributed by atoms with Gasteiger partial charge in [-0.2, -0.15) is 0 Å². The van der Waals surface area contributed by atoms with Crippen molar-refractivity contribution < 1.29 is 4.79 Å². The Balaban J connectivity index is 0.00000156. The molecule has 0 radical (unpaired) electrons. The fourth-order valence-corrected chi connectivity index (χ4v) is 4.21. The van der Waals surface area contributed by atoms with Crippen LogP contribution in [0.4, 0.5) is 11.4 Å². The Morgan fingerprint density at radius 3 is 2.49 bits per heavy atom. The van der Waals surface area contributed by atoms with Gasteiger partial charge in [0.15, 0.2) is 5.65 Å². The van der Waals surface area contributed by atoms with Crippen LogP contribution in [0.25, 0.3) is 16.8 Å². The van der Waals surface area contributed by atoms with Gasteiger partial charge in [0.25, 0.3) is 5.91 Å². The molecule has 1 amide bonds. The third-order valence-electron chi connectivity index (χ3n) is 6.15. The number of fused-ring (bicyclic) bond motifs is 1. The maximum Gasteiger partial charge on any atom is 0.251 e. The molecule has 0 spiro atoms. The van der Waals surface area contributed by atoms with Crippen LogP contribution in [0.2, 0.25) is 0 Å². The number of hydrogen-bond donors (Lipinski definition) is 2. The van der Waals surface area contributed by atoms with Crippen molar-refractivity contribution in [3.8, 4) is 11.1 Å². The van der Waals surface area contributed by atoms with Crippen molar-refractivity contribution in [2.75, 3.05) is 5.32 Å². The number of nitrogens with zero attached hydrogens (tertiary/aromatic N) is 3. The van der Waals surface area contributed by atoms with Crippen LogP contribution in [0.1, 0.15) is 47.8 Å². The monoisotopic (exact) mass is 491 g/mol. The highest BCUT2D eigenvalue weighted by Crippen LogP contribution is 2.29. The number of amides is 1. The van der Waals surface area contributed by atoms with Crippen LogP contribution in [0.3, 0.4) is 0 Å². The molecule has 37 heavy (non-hydrogen) atoms. The first-order valence-electron chi connectivity index (χ1n) is 12.7. The molecule has 0 atom stereocenters. The molecule has 2 aromatic carbocycles. The Morgan fingerprint density at radius 2 is 1.78 bits per heavy atom. The predicted octanol–water partition coefficient (Wildman–Crippen LogP) is 6.97. The SMILES string of the molecule is CC.CCc1ccc(Nc2cc(-c3ccc(C(=O)NCc4cccnc4)cc3)cn3ccnc23)cc1C. The Morgan fingerprint density at radius 1 is 0.973 bits per heavy atom. The zero-order valence-electron chi connectivity index (χ0n) is 21.8. The smallest absolute Gasteiger partial charge is 0.251 e. The summed E-state index contributed by atoms with van der Waals surface area (Å²) in [6.07, 6.45) is 10.3. The topological polar surface area (TPSA) is 71.3 Å². The molecule has 188 valence electrons. The lowest BCUT2D eigenvalue weighted by atomic mass is 10.0. The van der Waals surface area contributed by atoms with E-state index in [9.17, 15) is 4.79 Å². The van der Waals surface area contributed by atoms with Crippen molar-refractivity contribution in [2.45, 2.75) is 40.7 Å². The summed E-state index contributed by atoms with van der Waals surface area (Å²) in [5.41, 5.74) is 9.06. The number of carbonyl (C=O) groups is 1. The summed E-state index contributed by atoms with van der Waals surface area (Å²) in [7, 11) is 0. The molecular weight excluding hydrogens is 458 g/mol. The van der Waals surface area contributed by atoms with Crippen molar-refractivity contribution in [1.82, 2.24) is 19.7 Å². The number of carbonyl (C=O) groups excluding carboxylic acids is 1. The minimum atomic E-state index is -0.112. The summed E-state index contributed by atoms with van der Waals surface area (Å²) in [5, 5.41) is 6.49. The summed E-state index contributed by atoms with van der Waals surface area (Å²) in [6.45, 7) is 8.75. The Kier molecular flexibility index (Phi) is 8.31. The van der Waals surface area contributed by atoms with Gasteiger partial charge in [-0.15, -0.1) is 0 Å². The number of pyridine rings is 2. The molecule has 2 N–H and O–H groups in total. The van der Waals surface area contributed by atoms with Crippen LogP contribution in [0.15, 0.2) is 91.6 Å². The van der Waals surface area contributed by atoms with Crippen LogP contribution >= 0.6 is 0 Å². The average Bonchev–Trinajstić information content (AvgIpc) is 3.43. The Hall–Kier alpha value is -4.45. The third-order valence-corrected chi connectivity index (χ3v) is 6.15. The van der Waals surface area contributed by atoms with E-state index in [4.69, 9.17) is 0 Å². The molecule has 3 aromatic heterocycles. The standard InChI is InChI=1S/C29H27N5O.C2H6/c1-3-22-10-11-26(15-20(22)2)33-27-16-25(19-34-14-13-31-28(27)34)23-6-8-24(9-7-23)29(35)32-18-21-5-4-12-30-17-21;1-2/h4-17,19,33H,3,18H2,1-2H3,(H,32,35);1-2H3. The minimum Gasteiger partial charge on any atom is -0.352 e. The van der Waals surface area contributed by atoms with E-state index in [2.05, 4.69) is 64.9 Å². The summed E-state index contributed by atoms with van der Waals surface area (Å²) >= 11 is 0. The van der Waals surface area contributed by atoms with Crippen molar-refractivity contribution >= 4 is 22.9 Å². The Labute approximate surface area is 218 Å². The quantitative estimate of drug-likeness (QED) is 0.258. The number of imidazole rings is 1. The fourth-order valence-electron chi connectivity index (χ4n) is 4.21. The molecule has 0 aliphatic carbocycles. The molecule has 0 aliphatic heterocycles. The van der Waals surface area contributed by atoms with Crippen LogP contribution in [-0.4, -0.2) is 20.3 Å². The second kappa shape index (κ2) is 12.0. The van der Waals surface area contributed by atoms with E-state index in [1.54, 1.807) is 18.6 Å². The molecule has 0 unspecified atom stereocenters. The summed E-state index contributed by atoms with van der Waals surface area (Å²) < 4.78 is 2.01. The van der Waals surface area contributed by atoms with E-state index >= 15 is 0 Å². The molecule has 6 nitrogen and oxygen atoms in total. The summed E-state index contributed by atoms with van der Waals surface area (Å²) in [6, 6.07) is 20.0. The summed E-state index contributed by atoms with van der Waals surface area (Å²) in [5.74, 6) is -0.112. The van der Waals surface area contributed by atoms with E-state index in [1.807, 2.05) is 60.8 Å². The van der Waals surface area contributed by atoms with Gasteiger partial charge in [-0.1, -0.05) is 45.0 Å². The maximum absolute atomic E-state index is 12.6. The number of rotatable bonds is 7. The van der Waals surface area contributed by atoms with Gasteiger partial charge < -0.3 is 15.0 Å². The number of hydrogen-bond acceptors (Lipinski definition) is 4. The van der Waals surface area contributed by atoms with Gasteiger partial charge in [0.1, 0.15) is 0 Å². The van der Waals surface area contributed by atoms with Gasteiger partial charge in [-0.25, -0.2) is 4.98 Å². The van der Waals surface area contributed by atoms with Crippen molar-refractivity contribution in [3.63, 3.8) is 0 Å². The van der Waals surface area contributed by atoms with E-state index in [0.717, 1.165) is 40.1 Å². The van der Waals surface area contributed by atoms with E-state index in [-0.39, 0.29) is 5.91 Å². The molecular formula is C31H33N5O. The first-order valence-corrected chi connectivity index (χ1v) is 12.7. The van der Waals surface area contributed by atoms with Crippen molar-refractivity contribution in [2.24, 2.45) is 0 Å². The molecule has 0 saturated carbocycles. The average molecular weight is 492 g/mol. The van der Waals surface area contributed by atoms with Gasteiger partial charge in [0.05, 0.1) is 5.69 Å². The first-order chi connectivity index (χ1) is 18.1. The lowest BCUT2D eigenvalue weighted by Gasteiger charge is -2.13. The van der Waals surface area contributed by atoms with Crippen molar-refractivity contribution in [3.05, 3.63) is 114 Å². The normalized spacial score (nSPS) is 10.5. The number of aryl methyl sites for hydroxylation is 2. The van der Waals surface area contributed by atoms with Gasteiger partial charge in [0, 0.05) is 54.3 Å². The van der Waals surface area contributed by atoms with Gasteiger partial charge in [-0.3, -0.25) is 9.78 Å². The van der Waals surface area contributed by atoms with Gasteiger partial charge in [0.2, 0.25) is 0 Å². The molecule has 3 heterocycles. The first kappa shape index (κ1) is 25.6. The predicted molar refractivity (Wildman–Crippen MR) is 151 cm³/mol. The maximum atomic E-state index is 12.6. The fraction of sp³-hybridized carbons (Fsp3) is 0.194. The highest BCUT2D eigenvalue weighted by atomic mass is 16.1.